The third-order valence-corrected chi connectivity index (χ3v) is 13.0. The van der Waals surface area contributed by atoms with Gasteiger partial charge in [-0.05, 0) is 138 Å². The van der Waals surface area contributed by atoms with Gasteiger partial charge in [-0.25, -0.2) is 0 Å². The second kappa shape index (κ2) is 14.6. The highest BCUT2D eigenvalue weighted by molar-refractivity contribution is 5.99. The number of hydrogen-bond donors (Lipinski definition) is 0. The molecule has 0 fully saturated rings. The largest absolute Gasteiger partial charge is 0.310 e. The Morgan fingerprint density at radius 3 is 1.24 bits per heavy atom. The fourth-order valence-corrected chi connectivity index (χ4v) is 10.2. The van der Waals surface area contributed by atoms with Gasteiger partial charge in [0.25, 0.3) is 0 Å². The van der Waals surface area contributed by atoms with E-state index in [9.17, 15) is 0 Å². The Morgan fingerprint density at radius 2 is 0.677 bits per heavy atom. The first-order valence-electron chi connectivity index (χ1n) is 21.4. The van der Waals surface area contributed by atoms with E-state index in [-0.39, 0.29) is 0 Å². The van der Waals surface area contributed by atoms with Crippen LogP contribution in [0, 0.1) is 0 Å². The fourth-order valence-electron chi connectivity index (χ4n) is 10.2. The Kier molecular flexibility index (Phi) is 8.43. The van der Waals surface area contributed by atoms with Crippen molar-refractivity contribution in [2.75, 3.05) is 4.90 Å². The van der Waals surface area contributed by atoms with Crippen molar-refractivity contribution in [1.82, 2.24) is 4.98 Å². The summed E-state index contributed by atoms with van der Waals surface area (Å²) in [6.45, 7) is 0. The lowest BCUT2D eigenvalue weighted by atomic mass is 9.65. The fraction of sp³-hybridized carbons (Fsp3) is 0.0167. The minimum Gasteiger partial charge on any atom is -0.310 e. The van der Waals surface area contributed by atoms with E-state index in [2.05, 4.69) is 234 Å². The van der Waals surface area contributed by atoms with Gasteiger partial charge in [0.05, 0.1) is 5.41 Å². The minimum absolute atomic E-state index is 0.648. The van der Waals surface area contributed by atoms with Crippen LogP contribution in [0.2, 0.25) is 0 Å². The van der Waals surface area contributed by atoms with Gasteiger partial charge in [-0.1, -0.05) is 182 Å². The molecule has 2 heteroatoms. The lowest BCUT2D eigenvalue weighted by molar-refractivity contribution is 0.775. The molecule has 1 heterocycles. The van der Waals surface area contributed by atoms with Gasteiger partial charge in [-0.2, -0.15) is 0 Å². The van der Waals surface area contributed by atoms with Gasteiger partial charge in [0, 0.05) is 29.5 Å². The molecule has 2 nitrogen and oxygen atoms in total. The van der Waals surface area contributed by atoms with Crippen LogP contribution in [0.15, 0.2) is 243 Å². The van der Waals surface area contributed by atoms with Crippen LogP contribution < -0.4 is 4.90 Å². The maximum absolute atomic E-state index is 4.55. The van der Waals surface area contributed by atoms with Gasteiger partial charge in [-0.3, -0.25) is 4.98 Å². The summed E-state index contributed by atoms with van der Waals surface area (Å²) >= 11 is 0. The van der Waals surface area contributed by atoms with Gasteiger partial charge in [-0.15, -0.1) is 0 Å². The molecule has 10 aromatic rings. The Balaban J connectivity index is 1.13. The highest BCUT2D eigenvalue weighted by atomic mass is 15.1. The zero-order valence-corrected chi connectivity index (χ0v) is 34.0. The first kappa shape index (κ1) is 35.8. The van der Waals surface area contributed by atoms with Crippen LogP contribution in [0.3, 0.4) is 0 Å². The molecule has 0 amide bonds. The average molecular weight is 789 g/mol. The number of aromatic nitrogens is 1. The monoisotopic (exact) mass is 788 g/mol. The molecular weight excluding hydrogens is 749 g/mol. The number of hydrogen-bond acceptors (Lipinski definition) is 2. The molecule has 2 aliphatic rings. The van der Waals surface area contributed by atoms with Crippen LogP contribution in [0.25, 0.3) is 66.8 Å². The maximum Gasteiger partial charge on any atom is 0.0726 e. The molecule has 2 aliphatic carbocycles. The molecule has 0 saturated heterocycles. The summed E-state index contributed by atoms with van der Waals surface area (Å²) in [5.41, 5.74) is 22.3. The van der Waals surface area contributed by atoms with Gasteiger partial charge >= 0.3 is 0 Å². The normalized spacial score (nSPS) is 14.2. The molecule has 1 atom stereocenters. The van der Waals surface area contributed by atoms with Crippen molar-refractivity contribution in [3.05, 3.63) is 265 Å². The maximum atomic E-state index is 4.55. The number of anilines is 3. The summed E-state index contributed by atoms with van der Waals surface area (Å²) in [4.78, 5) is 6.97. The van der Waals surface area contributed by atoms with Crippen LogP contribution in [0.5, 0.6) is 0 Å². The summed E-state index contributed by atoms with van der Waals surface area (Å²) in [5, 5.41) is 0. The number of benzene rings is 9. The van der Waals surface area contributed by atoms with Crippen molar-refractivity contribution in [3.63, 3.8) is 0 Å². The molecule has 62 heavy (non-hydrogen) atoms. The molecule has 0 saturated carbocycles. The molecule has 1 spiro atoms. The van der Waals surface area contributed by atoms with Crippen molar-refractivity contribution in [3.8, 4) is 66.8 Å². The summed E-state index contributed by atoms with van der Waals surface area (Å²) < 4.78 is 0. The molecule has 9 aromatic carbocycles. The first-order chi connectivity index (χ1) is 30.8. The summed E-state index contributed by atoms with van der Waals surface area (Å²) in [6, 6.07) is 84.9. The minimum atomic E-state index is -0.648. The molecular formula is C60H40N2. The number of nitrogens with zero attached hydrogens (tertiary/aromatic N) is 2. The number of pyridine rings is 1. The van der Waals surface area contributed by atoms with Crippen molar-refractivity contribution in [2.24, 2.45) is 0 Å². The SMILES string of the molecule is c1ccc(-c2ccc(N(c3ccc(-c4ccccc4)cc3)c3ccc4c(c3)C3(c5ccccc5-c5ccccc5-c5ccc(-c6cccnc6)cc53)c3ccccc3-4)cc2)cc1. The van der Waals surface area contributed by atoms with Crippen molar-refractivity contribution in [2.45, 2.75) is 5.41 Å². The van der Waals surface area contributed by atoms with E-state index >= 15 is 0 Å². The van der Waals surface area contributed by atoms with Crippen molar-refractivity contribution >= 4 is 17.1 Å². The van der Waals surface area contributed by atoms with Gasteiger partial charge in [0.15, 0.2) is 0 Å². The highest BCUT2D eigenvalue weighted by Crippen LogP contribution is 2.62. The molecule has 1 unspecified atom stereocenters. The topological polar surface area (TPSA) is 16.1 Å². The molecule has 0 aliphatic heterocycles. The van der Waals surface area contributed by atoms with E-state index in [0.717, 1.165) is 28.2 Å². The van der Waals surface area contributed by atoms with Gasteiger partial charge < -0.3 is 4.90 Å². The van der Waals surface area contributed by atoms with Crippen LogP contribution in [-0.4, -0.2) is 4.98 Å². The molecule has 12 rings (SSSR count). The Morgan fingerprint density at radius 1 is 0.274 bits per heavy atom. The van der Waals surface area contributed by atoms with Crippen LogP contribution in [0.4, 0.5) is 17.1 Å². The molecule has 0 radical (unpaired) electrons. The lowest BCUT2D eigenvalue weighted by Gasteiger charge is -2.36. The van der Waals surface area contributed by atoms with Crippen molar-refractivity contribution < 1.29 is 0 Å². The van der Waals surface area contributed by atoms with Gasteiger partial charge in [0.1, 0.15) is 0 Å². The van der Waals surface area contributed by atoms with Gasteiger partial charge in [0.2, 0.25) is 0 Å². The zero-order valence-electron chi connectivity index (χ0n) is 34.0. The summed E-state index contributed by atoms with van der Waals surface area (Å²) in [7, 11) is 0. The van der Waals surface area contributed by atoms with Crippen LogP contribution in [-0.2, 0) is 5.41 Å². The van der Waals surface area contributed by atoms with E-state index in [0.29, 0.717) is 0 Å². The van der Waals surface area contributed by atoms with Crippen LogP contribution >= 0.6 is 0 Å². The van der Waals surface area contributed by atoms with E-state index in [4.69, 9.17) is 0 Å². The van der Waals surface area contributed by atoms with E-state index in [1.165, 1.54) is 77.9 Å². The zero-order chi connectivity index (χ0) is 41.0. The standard InChI is InChI=1S/C60H40N2/c1-3-14-41(15-4-1)43-25-30-47(31-26-43)62(48-32-27-44(28-33-48)42-16-5-2-6-17-42)49-34-36-55-53-22-10-12-24-57(53)60(59(55)39-49)56-23-11-9-21-52(56)50-19-7-8-20-51(50)54-35-29-45(38-58(54)60)46-18-13-37-61-40-46/h1-40H. The van der Waals surface area contributed by atoms with Crippen LogP contribution in [0.1, 0.15) is 22.3 Å². The average Bonchev–Trinajstić information content (AvgIpc) is 3.59. The second-order valence-electron chi connectivity index (χ2n) is 16.3. The third kappa shape index (κ3) is 5.61. The highest BCUT2D eigenvalue weighted by Gasteiger charge is 2.50. The second-order valence-corrected chi connectivity index (χ2v) is 16.3. The molecule has 0 bridgehead atoms. The molecule has 1 aromatic heterocycles. The summed E-state index contributed by atoms with van der Waals surface area (Å²) in [6.07, 6.45) is 3.83. The predicted octanol–water partition coefficient (Wildman–Crippen LogP) is 15.6. The molecule has 290 valence electrons. The number of rotatable bonds is 6. The van der Waals surface area contributed by atoms with E-state index in [1.807, 2.05) is 18.5 Å². The molecule has 0 N–H and O–H groups in total. The van der Waals surface area contributed by atoms with E-state index in [1.54, 1.807) is 0 Å². The first-order valence-corrected chi connectivity index (χ1v) is 21.4. The Labute approximate surface area is 362 Å². The number of fused-ring (bicyclic) bond motifs is 12. The summed E-state index contributed by atoms with van der Waals surface area (Å²) in [5.74, 6) is 0. The quantitative estimate of drug-likeness (QED) is 0.167. The Bertz CT molecular complexity index is 3180. The van der Waals surface area contributed by atoms with Crippen molar-refractivity contribution in [1.29, 1.82) is 0 Å². The van der Waals surface area contributed by atoms with E-state index < -0.39 is 5.41 Å². The Hall–Kier alpha value is -8.07. The lowest BCUT2D eigenvalue weighted by Crippen LogP contribution is -2.29. The predicted molar refractivity (Wildman–Crippen MR) is 257 cm³/mol. The third-order valence-electron chi connectivity index (χ3n) is 13.0. The smallest absolute Gasteiger partial charge is 0.0726 e.